The molecule has 0 aromatic heterocycles. The van der Waals surface area contributed by atoms with Crippen LogP contribution < -0.4 is 0 Å². The summed E-state index contributed by atoms with van der Waals surface area (Å²) in [5, 5.41) is 0. The summed E-state index contributed by atoms with van der Waals surface area (Å²) < 4.78 is 10.4. The van der Waals surface area contributed by atoms with Crippen molar-refractivity contribution in [1.29, 1.82) is 0 Å². The molecule has 3 aromatic carbocycles. The van der Waals surface area contributed by atoms with Crippen molar-refractivity contribution in [3.8, 4) is 0 Å². The second-order valence-corrected chi connectivity index (χ2v) is 9.69. The van der Waals surface area contributed by atoms with E-state index < -0.39 is 47.4 Å². The van der Waals surface area contributed by atoms with Crippen LogP contribution in [0.2, 0.25) is 0 Å². The molecule has 1 fully saturated rings. The maximum absolute atomic E-state index is 14.7. The van der Waals surface area contributed by atoms with E-state index in [1.165, 1.54) is 9.80 Å². The third-order valence-electron chi connectivity index (χ3n) is 7.05. The number of esters is 2. The van der Waals surface area contributed by atoms with E-state index in [1.54, 1.807) is 27.7 Å². The number of rotatable bonds is 10. The van der Waals surface area contributed by atoms with E-state index >= 15 is 0 Å². The quantitative estimate of drug-likeness (QED) is 0.159. The third-order valence-corrected chi connectivity index (χ3v) is 7.05. The first-order valence-corrected chi connectivity index (χ1v) is 13.5. The molecule has 8 nitrogen and oxygen atoms in total. The summed E-state index contributed by atoms with van der Waals surface area (Å²) in [6, 6.07) is 25.2. The molecule has 1 aliphatic heterocycles. The summed E-state index contributed by atoms with van der Waals surface area (Å²) in [6.07, 6.45) is 0. The summed E-state index contributed by atoms with van der Waals surface area (Å²) in [6.45, 7) is 6.70. The van der Waals surface area contributed by atoms with Crippen LogP contribution in [0.25, 0.3) is 0 Å². The lowest BCUT2D eigenvalue weighted by Gasteiger charge is -2.42. The van der Waals surface area contributed by atoms with Gasteiger partial charge in [0.25, 0.3) is 5.91 Å². The first kappa shape index (κ1) is 28.5. The van der Waals surface area contributed by atoms with Crippen LogP contribution >= 0.6 is 0 Å². The van der Waals surface area contributed by atoms with Crippen LogP contribution in [0.3, 0.4) is 0 Å². The number of carbonyl (C=O) groups is 4. The predicted octanol–water partition coefficient (Wildman–Crippen LogP) is 4.76. The lowest BCUT2D eigenvalue weighted by Crippen LogP contribution is -2.53. The number of hydrogen-bond acceptors (Lipinski definition) is 6. The fourth-order valence-electron chi connectivity index (χ4n) is 5.48. The number of nitrogens with zero attached hydrogens (tertiary/aromatic N) is 2. The van der Waals surface area contributed by atoms with Crippen LogP contribution in [-0.2, 0) is 29.4 Å². The van der Waals surface area contributed by atoms with Gasteiger partial charge in [-0.25, -0.2) is 9.69 Å². The molecule has 3 amide bonds. The molecule has 1 unspecified atom stereocenters. The van der Waals surface area contributed by atoms with Gasteiger partial charge in [-0.2, -0.15) is 0 Å². The Balaban J connectivity index is 2.04. The number of imide groups is 1. The highest BCUT2D eigenvalue weighted by Gasteiger charge is 2.61. The van der Waals surface area contributed by atoms with Crippen LogP contribution in [0.1, 0.15) is 44.4 Å². The van der Waals surface area contributed by atoms with Gasteiger partial charge in [0.15, 0.2) is 5.92 Å². The second kappa shape index (κ2) is 12.2. The lowest BCUT2D eigenvalue weighted by molar-refractivity contribution is -0.166. The molecule has 0 radical (unpaired) electrons. The van der Waals surface area contributed by atoms with Gasteiger partial charge in [-0.05, 0) is 44.4 Å². The fraction of sp³-hybridized carbons (Fsp3) is 0.312. The van der Waals surface area contributed by atoms with Crippen molar-refractivity contribution in [2.45, 2.75) is 45.3 Å². The minimum atomic E-state index is -1.65. The molecule has 1 heterocycles. The molecule has 0 N–H and O–H groups in total. The largest absolute Gasteiger partial charge is 0.465 e. The van der Waals surface area contributed by atoms with Crippen molar-refractivity contribution in [2.24, 2.45) is 5.92 Å². The highest BCUT2D eigenvalue weighted by atomic mass is 16.6. The van der Waals surface area contributed by atoms with Crippen molar-refractivity contribution in [1.82, 2.24) is 9.80 Å². The molecule has 0 saturated carbocycles. The fourth-order valence-corrected chi connectivity index (χ4v) is 5.48. The summed E-state index contributed by atoms with van der Waals surface area (Å²) in [5.41, 5.74) is 0.597. The first-order chi connectivity index (χ1) is 19.3. The Morgan fingerprint density at radius 1 is 0.725 bits per heavy atom. The third kappa shape index (κ3) is 4.85. The summed E-state index contributed by atoms with van der Waals surface area (Å²) >= 11 is 0. The Hall–Kier alpha value is -4.46. The molecule has 8 heteroatoms. The molecule has 0 aliphatic carbocycles. The van der Waals surface area contributed by atoms with Crippen molar-refractivity contribution in [3.63, 3.8) is 0 Å². The van der Waals surface area contributed by atoms with Gasteiger partial charge in [-0.1, -0.05) is 91.0 Å². The van der Waals surface area contributed by atoms with Crippen LogP contribution in [0.4, 0.5) is 4.79 Å². The molecular weight excluding hydrogens is 508 g/mol. The summed E-state index contributed by atoms with van der Waals surface area (Å²) in [4.78, 5) is 58.1. The molecule has 1 saturated heterocycles. The molecule has 0 bridgehead atoms. The Morgan fingerprint density at radius 3 is 1.43 bits per heavy atom. The van der Waals surface area contributed by atoms with E-state index in [0.717, 1.165) is 0 Å². The summed E-state index contributed by atoms with van der Waals surface area (Å²) in [7, 11) is 0. The zero-order valence-corrected chi connectivity index (χ0v) is 23.2. The molecular formula is C32H34N2O6. The first-order valence-electron chi connectivity index (χ1n) is 13.5. The molecule has 4 rings (SSSR count). The van der Waals surface area contributed by atoms with Gasteiger partial charge in [0.05, 0.1) is 13.2 Å². The Bertz CT molecular complexity index is 1230. The van der Waals surface area contributed by atoms with Crippen molar-refractivity contribution >= 4 is 23.9 Å². The maximum atomic E-state index is 14.7. The van der Waals surface area contributed by atoms with Crippen molar-refractivity contribution in [3.05, 3.63) is 108 Å². The van der Waals surface area contributed by atoms with Crippen LogP contribution in [0, 0.1) is 5.92 Å². The topological polar surface area (TPSA) is 93.2 Å². The van der Waals surface area contributed by atoms with E-state index in [0.29, 0.717) is 16.7 Å². The molecule has 3 aromatic rings. The van der Waals surface area contributed by atoms with Crippen LogP contribution in [0.15, 0.2) is 91.0 Å². The Labute approximate surface area is 234 Å². The predicted molar refractivity (Wildman–Crippen MR) is 149 cm³/mol. The van der Waals surface area contributed by atoms with Crippen molar-refractivity contribution in [2.75, 3.05) is 13.2 Å². The minimum Gasteiger partial charge on any atom is -0.465 e. The molecule has 1 aliphatic rings. The number of benzene rings is 3. The number of hydrogen-bond donors (Lipinski definition) is 0. The van der Waals surface area contributed by atoms with E-state index in [4.69, 9.17) is 9.47 Å². The zero-order valence-electron chi connectivity index (χ0n) is 23.2. The number of amides is 3. The van der Waals surface area contributed by atoms with Crippen LogP contribution in [-0.4, -0.2) is 59.0 Å². The number of ether oxygens (including phenoxy) is 2. The average molecular weight is 543 g/mol. The van der Waals surface area contributed by atoms with Crippen molar-refractivity contribution < 1.29 is 28.7 Å². The zero-order chi connectivity index (χ0) is 28.9. The minimum absolute atomic E-state index is 0.00300. The molecule has 40 heavy (non-hydrogen) atoms. The van der Waals surface area contributed by atoms with E-state index in [1.807, 2.05) is 91.0 Å². The van der Waals surface area contributed by atoms with Gasteiger partial charge in [-0.3, -0.25) is 14.4 Å². The van der Waals surface area contributed by atoms with E-state index in [9.17, 15) is 19.2 Å². The average Bonchev–Trinajstić information content (AvgIpc) is 3.21. The van der Waals surface area contributed by atoms with Gasteiger partial charge in [0, 0.05) is 6.04 Å². The summed E-state index contributed by atoms with van der Waals surface area (Å²) in [5.74, 6) is -4.17. The molecule has 208 valence electrons. The number of carbonyl (C=O) groups excluding carboxylic acids is 4. The van der Waals surface area contributed by atoms with E-state index in [2.05, 4.69) is 0 Å². The second-order valence-electron chi connectivity index (χ2n) is 9.69. The van der Waals surface area contributed by atoms with Crippen LogP contribution in [0.5, 0.6) is 0 Å². The maximum Gasteiger partial charge on any atom is 0.329 e. The van der Waals surface area contributed by atoms with Gasteiger partial charge < -0.3 is 14.4 Å². The monoisotopic (exact) mass is 542 g/mol. The Morgan fingerprint density at radius 2 is 1.10 bits per heavy atom. The highest BCUT2D eigenvalue weighted by Crippen LogP contribution is 2.46. The lowest BCUT2D eigenvalue weighted by atomic mass is 9.75. The smallest absolute Gasteiger partial charge is 0.329 e. The van der Waals surface area contributed by atoms with E-state index in [-0.39, 0.29) is 13.2 Å². The van der Waals surface area contributed by atoms with Gasteiger partial charge in [-0.15, -0.1) is 0 Å². The SMILES string of the molecule is CCOC(=O)C(C(=O)OCC)C1C(=O)N(C(c2ccccc2)(c2ccccc2)c2ccccc2)C(=O)N1C(C)C. The molecule has 0 spiro atoms. The van der Waals surface area contributed by atoms with Gasteiger partial charge in [0.1, 0.15) is 11.6 Å². The normalized spacial score (nSPS) is 15.6. The highest BCUT2D eigenvalue weighted by molar-refractivity contribution is 6.11. The standard InChI is InChI=1S/C32H34N2O6/c1-5-39-29(36)26(30(37)40-6-2)27-28(35)34(31(38)33(27)22(3)4)32(23-16-10-7-11-17-23,24-18-12-8-13-19-24)25-20-14-9-15-21-25/h7-22,26-27H,5-6H2,1-4H3. The Kier molecular flexibility index (Phi) is 8.67. The molecule has 1 atom stereocenters. The number of urea groups is 1. The van der Waals surface area contributed by atoms with Gasteiger partial charge >= 0.3 is 18.0 Å². The van der Waals surface area contributed by atoms with Gasteiger partial charge in [0.2, 0.25) is 0 Å².